The Morgan fingerprint density at radius 3 is 2.41 bits per heavy atom. The number of anilines is 1. The maximum absolute atomic E-state index is 13.0. The summed E-state index contributed by atoms with van der Waals surface area (Å²) >= 11 is 0. The van der Waals surface area contributed by atoms with Crippen LogP contribution in [0.3, 0.4) is 0 Å². The number of imide groups is 1. The maximum atomic E-state index is 13.0. The van der Waals surface area contributed by atoms with Gasteiger partial charge in [0, 0.05) is 12.2 Å². The average molecular weight is 390 g/mol. The van der Waals surface area contributed by atoms with Gasteiger partial charge in [0.1, 0.15) is 12.1 Å². The fourth-order valence-electron chi connectivity index (χ4n) is 3.31. The van der Waals surface area contributed by atoms with Crippen LogP contribution in [-0.2, 0) is 15.1 Å². The lowest BCUT2D eigenvalue weighted by molar-refractivity contribution is -0.134. The molecule has 0 bridgehead atoms. The standard InChI is InChI=1S/C22H22N4O3/c1-16-9-11-18(12-10-16)25(14-6-13-23)19(27)15-26-20(28)22(2,24-21(26)29)17-7-4-3-5-8-17/h3-5,7-12H,6,14-15H2,1-2H3,(H,24,29). The number of hydrogen-bond acceptors (Lipinski definition) is 4. The van der Waals surface area contributed by atoms with Gasteiger partial charge in [-0.3, -0.25) is 14.5 Å². The number of carbonyl (C=O) groups is 3. The third kappa shape index (κ3) is 3.97. The van der Waals surface area contributed by atoms with E-state index in [1.54, 1.807) is 43.3 Å². The van der Waals surface area contributed by atoms with Gasteiger partial charge in [-0.1, -0.05) is 48.0 Å². The van der Waals surface area contributed by atoms with Gasteiger partial charge in [-0.25, -0.2) is 4.79 Å². The molecule has 1 heterocycles. The molecule has 2 aromatic rings. The van der Waals surface area contributed by atoms with Gasteiger partial charge in [0.15, 0.2) is 0 Å². The Kier molecular flexibility index (Phi) is 5.64. The van der Waals surface area contributed by atoms with Crippen LogP contribution in [0.1, 0.15) is 24.5 Å². The third-order valence-corrected chi connectivity index (χ3v) is 5.01. The minimum absolute atomic E-state index is 0.140. The van der Waals surface area contributed by atoms with Gasteiger partial charge < -0.3 is 10.2 Å². The van der Waals surface area contributed by atoms with Crippen molar-refractivity contribution in [1.82, 2.24) is 10.2 Å². The van der Waals surface area contributed by atoms with Crippen molar-refractivity contribution in [2.75, 3.05) is 18.0 Å². The average Bonchev–Trinajstić information content (AvgIpc) is 2.94. The van der Waals surface area contributed by atoms with Crippen LogP contribution in [0.5, 0.6) is 0 Å². The first-order valence-corrected chi connectivity index (χ1v) is 9.30. The molecule has 0 radical (unpaired) electrons. The molecule has 1 aliphatic heterocycles. The highest BCUT2D eigenvalue weighted by Gasteiger charge is 2.49. The minimum Gasteiger partial charge on any atom is -0.319 e. The van der Waals surface area contributed by atoms with Gasteiger partial charge in [0.2, 0.25) is 5.91 Å². The summed E-state index contributed by atoms with van der Waals surface area (Å²) in [5, 5.41) is 11.6. The van der Waals surface area contributed by atoms with Crippen LogP contribution in [0, 0.1) is 18.3 Å². The summed E-state index contributed by atoms with van der Waals surface area (Å²) in [7, 11) is 0. The van der Waals surface area contributed by atoms with Crippen molar-refractivity contribution >= 4 is 23.5 Å². The van der Waals surface area contributed by atoms with Crippen molar-refractivity contribution in [2.24, 2.45) is 0 Å². The second kappa shape index (κ2) is 8.15. The smallest absolute Gasteiger partial charge is 0.319 e. The molecule has 1 N–H and O–H groups in total. The molecule has 148 valence electrons. The first-order valence-electron chi connectivity index (χ1n) is 9.30. The SMILES string of the molecule is Cc1ccc(N(CCC#N)C(=O)CN2C(=O)NC(C)(c3ccccc3)C2=O)cc1. The fourth-order valence-corrected chi connectivity index (χ4v) is 3.31. The van der Waals surface area contributed by atoms with Gasteiger partial charge in [-0.05, 0) is 31.5 Å². The van der Waals surface area contributed by atoms with Gasteiger partial charge in [-0.15, -0.1) is 0 Å². The number of rotatable bonds is 6. The number of nitrogens with zero attached hydrogens (tertiary/aromatic N) is 3. The molecule has 1 atom stereocenters. The van der Waals surface area contributed by atoms with E-state index in [1.807, 2.05) is 31.2 Å². The van der Waals surface area contributed by atoms with Crippen molar-refractivity contribution in [3.8, 4) is 6.07 Å². The van der Waals surface area contributed by atoms with Crippen molar-refractivity contribution < 1.29 is 14.4 Å². The summed E-state index contributed by atoms with van der Waals surface area (Å²) in [6.07, 6.45) is 0.140. The van der Waals surface area contributed by atoms with Crippen LogP contribution >= 0.6 is 0 Å². The highest BCUT2D eigenvalue weighted by atomic mass is 16.2. The van der Waals surface area contributed by atoms with E-state index in [2.05, 4.69) is 5.32 Å². The molecular weight excluding hydrogens is 368 g/mol. The Morgan fingerprint density at radius 1 is 1.14 bits per heavy atom. The van der Waals surface area contributed by atoms with Crippen LogP contribution in [0.4, 0.5) is 10.5 Å². The minimum atomic E-state index is -1.22. The number of nitriles is 1. The number of amides is 4. The van der Waals surface area contributed by atoms with Crippen LogP contribution < -0.4 is 10.2 Å². The number of benzene rings is 2. The van der Waals surface area contributed by atoms with E-state index < -0.39 is 29.9 Å². The predicted octanol–water partition coefficient (Wildman–Crippen LogP) is 2.71. The van der Waals surface area contributed by atoms with Crippen LogP contribution in [0.25, 0.3) is 0 Å². The molecule has 3 rings (SSSR count). The highest BCUT2D eigenvalue weighted by molar-refractivity contribution is 6.10. The molecule has 1 saturated heterocycles. The summed E-state index contributed by atoms with van der Waals surface area (Å²) in [4.78, 5) is 40.8. The molecular formula is C22H22N4O3. The van der Waals surface area contributed by atoms with Gasteiger partial charge in [-0.2, -0.15) is 5.26 Å². The number of carbonyl (C=O) groups excluding carboxylic acids is 3. The van der Waals surface area contributed by atoms with Gasteiger partial charge in [0.05, 0.1) is 12.5 Å². The van der Waals surface area contributed by atoms with E-state index in [9.17, 15) is 14.4 Å². The Labute approximate surface area is 169 Å². The van der Waals surface area contributed by atoms with E-state index in [1.165, 1.54) is 4.90 Å². The Bertz CT molecular complexity index is 966. The molecule has 0 aliphatic carbocycles. The molecule has 7 heteroatoms. The highest BCUT2D eigenvalue weighted by Crippen LogP contribution is 2.28. The van der Waals surface area contributed by atoms with E-state index in [4.69, 9.17) is 5.26 Å². The van der Waals surface area contributed by atoms with Crippen molar-refractivity contribution in [1.29, 1.82) is 5.26 Å². The second-order valence-corrected chi connectivity index (χ2v) is 7.10. The molecule has 2 aromatic carbocycles. The third-order valence-electron chi connectivity index (χ3n) is 5.01. The Balaban J connectivity index is 1.82. The number of aryl methyl sites for hydroxylation is 1. The van der Waals surface area contributed by atoms with Gasteiger partial charge in [0.25, 0.3) is 5.91 Å². The maximum Gasteiger partial charge on any atom is 0.325 e. The number of nitrogens with one attached hydrogen (secondary N) is 1. The fraction of sp³-hybridized carbons (Fsp3) is 0.273. The molecule has 1 fully saturated rings. The second-order valence-electron chi connectivity index (χ2n) is 7.10. The summed E-state index contributed by atoms with van der Waals surface area (Å²) < 4.78 is 0. The van der Waals surface area contributed by atoms with E-state index in [-0.39, 0.29) is 13.0 Å². The predicted molar refractivity (Wildman–Crippen MR) is 108 cm³/mol. The van der Waals surface area contributed by atoms with Gasteiger partial charge >= 0.3 is 6.03 Å². The summed E-state index contributed by atoms with van der Waals surface area (Å²) in [5.41, 5.74) is 1.08. The quantitative estimate of drug-likeness (QED) is 0.768. The normalized spacial score (nSPS) is 18.3. The van der Waals surface area contributed by atoms with Crippen LogP contribution in [-0.4, -0.2) is 35.8 Å². The first kappa shape index (κ1) is 20.1. The molecule has 4 amide bonds. The Hall–Kier alpha value is -3.66. The van der Waals surface area contributed by atoms with E-state index in [0.29, 0.717) is 11.3 Å². The molecule has 0 saturated carbocycles. The molecule has 1 unspecified atom stereocenters. The van der Waals surface area contributed by atoms with Crippen molar-refractivity contribution in [3.05, 3.63) is 65.7 Å². The summed E-state index contributed by atoms with van der Waals surface area (Å²) in [5.74, 6) is -0.906. The lowest BCUT2D eigenvalue weighted by Gasteiger charge is -2.25. The van der Waals surface area contributed by atoms with E-state index in [0.717, 1.165) is 10.5 Å². The number of urea groups is 1. The van der Waals surface area contributed by atoms with Crippen molar-refractivity contribution in [3.63, 3.8) is 0 Å². The molecule has 29 heavy (non-hydrogen) atoms. The lowest BCUT2D eigenvalue weighted by Crippen LogP contribution is -2.45. The van der Waals surface area contributed by atoms with Crippen molar-refractivity contribution in [2.45, 2.75) is 25.8 Å². The molecule has 7 nitrogen and oxygen atoms in total. The zero-order valence-electron chi connectivity index (χ0n) is 16.4. The summed E-state index contributed by atoms with van der Waals surface area (Å²) in [6.45, 7) is 3.34. The van der Waals surface area contributed by atoms with Crippen LogP contribution in [0.15, 0.2) is 54.6 Å². The zero-order chi connectivity index (χ0) is 21.0. The first-order chi connectivity index (χ1) is 13.9. The molecule has 0 aromatic heterocycles. The monoisotopic (exact) mass is 390 g/mol. The van der Waals surface area contributed by atoms with Crippen LogP contribution in [0.2, 0.25) is 0 Å². The topological polar surface area (TPSA) is 93.5 Å². The Morgan fingerprint density at radius 2 is 1.79 bits per heavy atom. The lowest BCUT2D eigenvalue weighted by atomic mass is 9.92. The van der Waals surface area contributed by atoms with E-state index >= 15 is 0 Å². The molecule has 0 spiro atoms. The molecule has 1 aliphatic rings. The zero-order valence-corrected chi connectivity index (χ0v) is 16.4. The number of hydrogen-bond donors (Lipinski definition) is 1. The summed E-state index contributed by atoms with van der Waals surface area (Å²) in [6, 6.07) is 17.6. The largest absolute Gasteiger partial charge is 0.325 e.